The first-order valence-corrected chi connectivity index (χ1v) is 13.0. The highest BCUT2D eigenvalue weighted by Gasteiger charge is 2.39. The standard InChI is InChI=1S/C24H23F3N4O5S/c1-13-19(21(32)29-15-6-4-7-16(12-15)37(3,34)35)22(31-30-20(13)24(25,26)27)36-17-8-9-18(28-14(17)2)23(33)10-5-11-23/h4,6-9,12,33H,5,10-11H2,1-3H3,(H,29,32). The summed E-state index contributed by atoms with van der Waals surface area (Å²) in [6.07, 6.45) is -1.92. The fourth-order valence-corrected chi connectivity index (χ4v) is 4.56. The van der Waals surface area contributed by atoms with Crippen molar-refractivity contribution in [3.05, 3.63) is 64.6 Å². The summed E-state index contributed by atoms with van der Waals surface area (Å²) in [6, 6.07) is 8.30. The number of rotatable bonds is 6. The van der Waals surface area contributed by atoms with Crippen molar-refractivity contribution >= 4 is 21.4 Å². The average Bonchev–Trinajstić information content (AvgIpc) is 2.77. The van der Waals surface area contributed by atoms with Crippen molar-refractivity contribution in [2.45, 2.75) is 49.8 Å². The number of carbonyl (C=O) groups is 1. The number of aliphatic hydroxyl groups is 1. The van der Waals surface area contributed by atoms with Crippen LogP contribution in [0.2, 0.25) is 0 Å². The molecule has 1 aromatic carbocycles. The number of nitrogens with one attached hydrogen (secondary N) is 1. The van der Waals surface area contributed by atoms with E-state index in [1.807, 2.05) is 0 Å². The van der Waals surface area contributed by atoms with Crippen LogP contribution in [0.15, 0.2) is 41.3 Å². The third-order valence-corrected chi connectivity index (χ3v) is 7.21. The number of amides is 1. The molecule has 2 N–H and O–H groups in total. The third kappa shape index (κ3) is 5.42. The van der Waals surface area contributed by atoms with Crippen molar-refractivity contribution in [2.24, 2.45) is 0 Å². The number of aromatic nitrogens is 3. The Kier molecular flexibility index (Phi) is 6.71. The van der Waals surface area contributed by atoms with E-state index in [1.165, 1.54) is 30.3 Å². The third-order valence-electron chi connectivity index (χ3n) is 6.10. The summed E-state index contributed by atoms with van der Waals surface area (Å²) >= 11 is 0. The Hall–Kier alpha value is -3.58. The molecule has 196 valence electrons. The largest absolute Gasteiger partial charge is 0.435 e. The van der Waals surface area contributed by atoms with Gasteiger partial charge in [0.05, 0.1) is 16.3 Å². The number of halogens is 3. The second kappa shape index (κ2) is 9.38. The summed E-state index contributed by atoms with van der Waals surface area (Å²) in [6.45, 7) is 2.65. The normalized spacial score (nSPS) is 15.1. The van der Waals surface area contributed by atoms with Gasteiger partial charge in [0.1, 0.15) is 11.2 Å². The fourth-order valence-electron chi connectivity index (χ4n) is 3.89. The van der Waals surface area contributed by atoms with E-state index in [0.29, 0.717) is 24.2 Å². The summed E-state index contributed by atoms with van der Waals surface area (Å²) in [7, 11) is -3.60. The molecule has 1 aliphatic carbocycles. The van der Waals surface area contributed by atoms with Crippen molar-refractivity contribution in [3.63, 3.8) is 0 Å². The Labute approximate surface area is 210 Å². The first-order valence-electron chi connectivity index (χ1n) is 11.1. The van der Waals surface area contributed by atoms with Crippen LogP contribution in [-0.4, -0.2) is 40.9 Å². The second-order valence-electron chi connectivity index (χ2n) is 8.87. The second-order valence-corrected chi connectivity index (χ2v) is 10.9. The van der Waals surface area contributed by atoms with Gasteiger partial charge in [-0.05, 0) is 69.0 Å². The van der Waals surface area contributed by atoms with Gasteiger partial charge in [0.15, 0.2) is 21.3 Å². The van der Waals surface area contributed by atoms with Crippen LogP contribution in [0.4, 0.5) is 18.9 Å². The molecule has 0 radical (unpaired) electrons. The number of carbonyl (C=O) groups excluding carboxylic acids is 1. The molecule has 0 unspecified atom stereocenters. The van der Waals surface area contributed by atoms with Crippen LogP contribution in [0, 0.1) is 13.8 Å². The van der Waals surface area contributed by atoms with Gasteiger partial charge in [-0.3, -0.25) is 9.78 Å². The fraction of sp³-hybridized carbons (Fsp3) is 0.333. The number of anilines is 1. The van der Waals surface area contributed by atoms with Gasteiger partial charge in [-0.25, -0.2) is 8.42 Å². The van der Waals surface area contributed by atoms with E-state index >= 15 is 0 Å². The van der Waals surface area contributed by atoms with E-state index < -0.39 is 50.2 Å². The molecule has 4 rings (SSSR count). The van der Waals surface area contributed by atoms with Gasteiger partial charge in [-0.15, -0.1) is 10.2 Å². The predicted molar refractivity (Wildman–Crippen MR) is 126 cm³/mol. The maximum Gasteiger partial charge on any atom is 0.435 e. The summed E-state index contributed by atoms with van der Waals surface area (Å²) in [5.41, 5.74) is -2.65. The SMILES string of the molecule is Cc1nc(C2(O)CCC2)ccc1Oc1nnc(C(F)(F)F)c(C)c1C(=O)Nc1cccc(S(C)(=O)=O)c1. The molecular weight excluding hydrogens is 513 g/mol. The van der Waals surface area contributed by atoms with Crippen molar-refractivity contribution in [2.75, 3.05) is 11.6 Å². The zero-order valence-corrected chi connectivity index (χ0v) is 20.9. The number of ether oxygens (including phenoxy) is 1. The van der Waals surface area contributed by atoms with Crippen LogP contribution in [0.25, 0.3) is 0 Å². The molecule has 2 heterocycles. The number of pyridine rings is 1. The number of benzene rings is 1. The smallest absolute Gasteiger partial charge is 0.435 e. The van der Waals surface area contributed by atoms with E-state index in [0.717, 1.165) is 19.6 Å². The topological polar surface area (TPSA) is 131 Å². The Morgan fingerprint density at radius 2 is 1.84 bits per heavy atom. The first-order chi connectivity index (χ1) is 17.2. The van der Waals surface area contributed by atoms with Crippen LogP contribution in [0.3, 0.4) is 0 Å². The maximum atomic E-state index is 13.5. The lowest BCUT2D eigenvalue weighted by Crippen LogP contribution is -2.34. The van der Waals surface area contributed by atoms with E-state index in [9.17, 15) is 31.5 Å². The lowest BCUT2D eigenvalue weighted by Gasteiger charge is -2.36. The Balaban J connectivity index is 1.73. The lowest BCUT2D eigenvalue weighted by atomic mass is 9.77. The number of aryl methyl sites for hydroxylation is 1. The van der Waals surface area contributed by atoms with Crippen LogP contribution in [-0.2, 0) is 21.6 Å². The molecule has 37 heavy (non-hydrogen) atoms. The molecule has 1 aliphatic rings. The van der Waals surface area contributed by atoms with Gasteiger partial charge in [-0.2, -0.15) is 13.2 Å². The number of hydrogen-bond donors (Lipinski definition) is 2. The number of sulfone groups is 1. The quantitative estimate of drug-likeness (QED) is 0.476. The van der Waals surface area contributed by atoms with Crippen molar-refractivity contribution < 1.29 is 36.2 Å². The number of alkyl halides is 3. The van der Waals surface area contributed by atoms with Gasteiger partial charge in [-0.1, -0.05) is 6.07 Å². The van der Waals surface area contributed by atoms with Crippen LogP contribution >= 0.6 is 0 Å². The molecule has 0 bridgehead atoms. The van der Waals surface area contributed by atoms with E-state index in [4.69, 9.17) is 4.74 Å². The van der Waals surface area contributed by atoms with Gasteiger partial charge >= 0.3 is 6.18 Å². The van der Waals surface area contributed by atoms with Crippen molar-refractivity contribution in [1.29, 1.82) is 0 Å². The minimum absolute atomic E-state index is 0.0413. The van der Waals surface area contributed by atoms with Gasteiger partial charge in [0.25, 0.3) is 11.8 Å². The molecule has 0 saturated heterocycles. The summed E-state index contributed by atoms with van der Waals surface area (Å²) in [5, 5.41) is 19.7. The van der Waals surface area contributed by atoms with Crippen molar-refractivity contribution in [1.82, 2.24) is 15.2 Å². The minimum Gasteiger partial charge on any atom is -0.435 e. The van der Waals surface area contributed by atoms with Gasteiger partial charge in [0, 0.05) is 11.9 Å². The highest BCUT2D eigenvalue weighted by molar-refractivity contribution is 7.90. The molecule has 13 heteroatoms. The molecule has 0 aliphatic heterocycles. The Morgan fingerprint density at radius 1 is 1.14 bits per heavy atom. The molecule has 3 aromatic rings. The Morgan fingerprint density at radius 3 is 2.41 bits per heavy atom. The molecule has 1 saturated carbocycles. The maximum absolute atomic E-state index is 13.5. The predicted octanol–water partition coefficient (Wildman–Crippen LogP) is 4.33. The molecular formula is C24H23F3N4O5S. The van der Waals surface area contributed by atoms with E-state index in [1.54, 1.807) is 13.0 Å². The first kappa shape index (κ1) is 26.5. The zero-order valence-electron chi connectivity index (χ0n) is 20.0. The molecule has 1 fully saturated rings. The zero-order chi connectivity index (χ0) is 27.2. The van der Waals surface area contributed by atoms with Gasteiger partial charge < -0.3 is 15.2 Å². The monoisotopic (exact) mass is 536 g/mol. The lowest BCUT2D eigenvalue weighted by molar-refractivity contribution is -0.142. The number of nitrogens with zero attached hydrogens (tertiary/aromatic N) is 3. The molecule has 9 nitrogen and oxygen atoms in total. The Bertz CT molecular complexity index is 1490. The molecule has 0 atom stereocenters. The summed E-state index contributed by atoms with van der Waals surface area (Å²) < 4.78 is 70.0. The van der Waals surface area contributed by atoms with Gasteiger partial charge in [0.2, 0.25) is 0 Å². The molecule has 0 spiro atoms. The summed E-state index contributed by atoms with van der Waals surface area (Å²) in [5.74, 6) is -1.40. The minimum atomic E-state index is -4.89. The van der Waals surface area contributed by atoms with Crippen LogP contribution in [0.1, 0.15) is 52.3 Å². The molecule has 2 aromatic heterocycles. The van der Waals surface area contributed by atoms with E-state index in [2.05, 4.69) is 20.5 Å². The van der Waals surface area contributed by atoms with Crippen LogP contribution < -0.4 is 10.1 Å². The van der Waals surface area contributed by atoms with E-state index in [-0.39, 0.29) is 16.3 Å². The highest BCUT2D eigenvalue weighted by atomic mass is 32.2. The van der Waals surface area contributed by atoms with Crippen LogP contribution in [0.5, 0.6) is 11.6 Å². The summed E-state index contributed by atoms with van der Waals surface area (Å²) in [4.78, 5) is 17.4. The number of hydrogen-bond acceptors (Lipinski definition) is 8. The highest BCUT2D eigenvalue weighted by Crippen LogP contribution is 2.41. The molecule has 1 amide bonds. The van der Waals surface area contributed by atoms with Crippen molar-refractivity contribution in [3.8, 4) is 11.6 Å². The average molecular weight is 537 g/mol.